The van der Waals surface area contributed by atoms with Crippen molar-refractivity contribution >= 4 is 5.91 Å². The van der Waals surface area contributed by atoms with Gasteiger partial charge in [0.1, 0.15) is 5.82 Å². The maximum atomic E-state index is 13.7. The van der Waals surface area contributed by atoms with Gasteiger partial charge in [-0.25, -0.2) is 4.39 Å². The van der Waals surface area contributed by atoms with E-state index in [1.807, 2.05) is 30.3 Å². The van der Waals surface area contributed by atoms with Crippen LogP contribution in [0.25, 0.3) is 0 Å². The molecule has 2 aromatic carbocycles. The van der Waals surface area contributed by atoms with Crippen molar-refractivity contribution in [2.75, 3.05) is 6.54 Å². The summed E-state index contributed by atoms with van der Waals surface area (Å²) in [6.07, 6.45) is 2.67. The number of nitrogens with zero attached hydrogens (tertiary/aromatic N) is 3. The fraction of sp³-hybridized carbons (Fsp3) is 0.261. The van der Waals surface area contributed by atoms with Gasteiger partial charge in [-0.3, -0.25) is 14.3 Å². The van der Waals surface area contributed by atoms with E-state index in [-0.39, 0.29) is 35.4 Å². The summed E-state index contributed by atoms with van der Waals surface area (Å²) in [5.41, 5.74) is 1.11. The Bertz CT molecular complexity index is 1160. The summed E-state index contributed by atoms with van der Waals surface area (Å²) in [5.74, 6) is -1.52. The van der Waals surface area contributed by atoms with Gasteiger partial charge in [-0.2, -0.15) is 5.10 Å². The molecule has 0 aliphatic carbocycles. The van der Waals surface area contributed by atoms with Crippen LogP contribution >= 0.6 is 0 Å². The summed E-state index contributed by atoms with van der Waals surface area (Å²) in [5, 5.41) is 14.7. The number of aromatic nitrogens is 2. The number of fused-ring (bicyclic) bond motifs is 2. The van der Waals surface area contributed by atoms with Crippen LogP contribution in [0.5, 0.6) is 5.75 Å². The van der Waals surface area contributed by atoms with Crippen LogP contribution in [0, 0.1) is 5.82 Å². The number of halogens is 1. The van der Waals surface area contributed by atoms with Crippen LogP contribution in [-0.4, -0.2) is 38.3 Å². The molecule has 1 N–H and O–H groups in total. The van der Waals surface area contributed by atoms with Gasteiger partial charge in [0.2, 0.25) is 5.43 Å². The molecule has 5 rings (SSSR count). The van der Waals surface area contributed by atoms with E-state index in [4.69, 9.17) is 0 Å². The van der Waals surface area contributed by atoms with Crippen LogP contribution < -0.4 is 5.43 Å². The van der Waals surface area contributed by atoms with Gasteiger partial charge >= 0.3 is 0 Å². The van der Waals surface area contributed by atoms with Crippen molar-refractivity contribution in [3.8, 4) is 5.75 Å². The highest BCUT2D eigenvalue weighted by atomic mass is 19.1. The Morgan fingerprint density at radius 1 is 1.03 bits per heavy atom. The van der Waals surface area contributed by atoms with Crippen LogP contribution in [0.15, 0.2) is 65.6 Å². The molecule has 1 saturated heterocycles. The third-order valence-corrected chi connectivity index (χ3v) is 6.15. The Hall–Kier alpha value is -3.48. The van der Waals surface area contributed by atoms with Crippen LogP contribution in [0.2, 0.25) is 0 Å². The third kappa shape index (κ3) is 2.81. The monoisotopic (exact) mass is 405 g/mol. The molecule has 152 valence electrons. The average Bonchev–Trinajstić information content (AvgIpc) is 3.25. The molecule has 6 nitrogen and oxygen atoms in total. The third-order valence-electron chi connectivity index (χ3n) is 6.15. The molecule has 2 aliphatic rings. The summed E-state index contributed by atoms with van der Waals surface area (Å²) in [7, 11) is 0. The number of carbonyl (C=O) groups excluding carboxylic acids is 1. The van der Waals surface area contributed by atoms with Gasteiger partial charge in [0, 0.05) is 12.5 Å². The van der Waals surface area contributed by atoms with E-state index in [1.54, 1.807) is 17.0 Å². The second kappa shape index (κ2) is 7.09. The van der Waals surface area contributed by atoms with Crippen molar-refractivity contribution in [2.24, 2.45) is 0 Å². The van der Waals surface area contributed by atoms with E-state index in [1.165, 1.54) is 16.8 Å². The molecule has 30 heavy (non-hydrogen) atoms. The summed E-state index contributed by atoms with van der Waals surface area (Å²) < 4.78 is 15.2. The van der Waals surface area contributed by atoms with Crippen molar-refractivity contribution in [1.82, 2.24) is 14.7 Å². The number of benzene rings is 2. The quantitative estimate of drug-likeness (QED) is 0.727. The molecule has 1 amide bonds. The highest BCUT2D eigenvalue weighted by Crippen LogP contribution is 2.45. The lowest BCUT2D eigenvalue weighted by atomic mass is 9.80. The van der Waals surface area contributed by atoms with E-state index < -0.39 is 11.2 Å². The van der Waals surface area contributed by atoms with Gasteiger partial charge in [-0.05, 0) is 36.1 Å². The van der Waals surface area contributed by atoms with E-state index in [2.05, 4.69) is 5.10 Å². The lowest BCUT2D eigenvalue weighted by molar-refractivity contribution is 0.0565. The van der Waals surface area contributed by atoms with Crippen molar-refractivity contribution in [1.29, 1.82) is 0 Å². The lowest BCUT2D eigenvalue weighted by Crippen LogP contribution is -2.50. The van der Waals surface area contributed by atoms with Gasteiger partial charge in [-0.15, -0.1) is 0 Å². The first-order chi connectivity index (χ1) is 14.6. The zero-order chi connectivity index (χ0) is 20.8. The van der Waals surface area contributed by atoms with Crippen molar-refractivity contribution in [3.05, 3.63) is 93.7 Å². The maximum Gasteiger partial charge on any atom is 0.276 e. The molecular formula is C23H20FN3O3. The molecule has 0 radical (unpaired) electrons. The van der Waals surface area contributed by atoms with Gasteiger partial charge in [-0.1, -0.05) is 42.5 Å². The van der Waals surface area contributed by atoms with E-state index in [0.29, 0.717) is 6.54 Å². The molecule has 1 unspecified atom stereocenters. The molecule has 0 bridgehead atoms. The van der Waals surface area contributed by atoms with Crippen LogP contribution in [0.3, 0.4) is 0 Å². The molecule has 1 fully saturated rings. The number of hydrogen-bond donors (Lipinski definition) is 1. The largest absolute Gasteiger partial charge is 0.502 e. The van der Waals surface area contributed by atoms with Crippen LogP contribution in [-0.2, 0) is 0 Å². The van der Waals surface area contributed by atoms with E-state index in [0.717, 1.165) is 30.2 Å². The highest BCUT2D eigenvalue weighted by molar-refractivity contribution is 5.96. The first-order valence-electron chi connectivity index (χ1n) is 9.98. The van der Waals surface area contributed by atoms with Crippen molar-refractivity contribution < 1.29 is 14.3 Å². The Morgan fingerprint density at radius 2 is 1.73 bits per heavy atom. The zero-order valence-corrected chi connectivity index (χ0v) is 16.1. The number of aromatic hydroxyl groups is 1. The predicted octanol–water partition coefficient (Wildman–Crippen LogP) is 3.08. The van der Waals surface area contributed by atoms with Gasteiger partial charge in [0.15, 0.2) is 11.4 Å². The minimum absolute atomic E-state index is 0.0753. The summed E-state index contributed by atoms with van der Waals surface area (Å²) in [6, 6.07) is 15.6. The molecule has 3 heterocycles. The predicted molar refractivity (Wildman–Crippen MR) is 108 cm³/mol. The molecular weight excluding hydrogens is 385 g/mol. The SMILES string of the molecule is O=C1c2c(O)c(=O)cnn2[C@@H](C(c2ccccc2)c2ccc(F)cc2)[C@H]2CCCN12. The number of rotatable bonds is 3. The average molecular weight is 405 g/mol. The molecule has 3 aromatic rings. The van der Waals surface area contributed by atoms with E-state index in [9.17, 15) is 19.1 Å². The zero-order valence-electron chi connectivity index (χ0n) is 16.1. The normalized spacial score (nSPS) is 21.2. The van der Waals surface area contributed by atoms with Gasteiger partial charge < -0.3 is 10.0 Å². The summed E-state index contributed by atoms with van der Waals surface area (Å²) in [6.45, 7) is 0.563. The molecule has 3 atom stereocenters. The fourth-order valence-electron chi connectivity index (χ4n) is 4.86. The highest BCUT2D eigenvalue weighted by Gasteiger charge is 2.47. The van der Waals surface area contributed by atoms with Crippen LogP contribution in [0.4, 0.5) is 4.39 Å². The second-order valence-corrected chi connectivity index (χ2v) is 7.79. The van der Waals surface area contributed by atoms with E-state index >= 15 is 0 Å². The first kappa shape index (κ1) is 18.5. The Kier molecular flexibility index (Phi) is 4.38. The molecule has 0 saturated carbocycles. The number of amides is 1. The smallest absolute Gasteiger partial charge is 0.276 e. The van der Waals surface area contributed by atoms with Crippen molar-refractivity contribution in [2.45, 2.75) is 30.8 Å². The molecule has 1 aromatic heterocycles. The topological polar surface area (TPSA) is 75.4 Å². The number of carbonyl (C=O) groups is 1. The Balaban J connectivity index is 1.77. The Labute approximate surface area is 172 Å². The second-order valence-electron chi connectivity index (χ2n) is 7.79. The summed E-state index contributed by atoms with van der Waals surface area (Å²) in [4.78, 5) is 26.9. The lowest BCUT2D eigenvalue weighted by Gasteiger charge is -2.42. The molecule has 0 spiro atoms. The standard InChI is InChI=1S/C23H20FN3O3/c24-16-10-8-15(9-11-16)19(14-5-2-1-3-6-14)20-17-7-4-12-26(17)23(30)21-22(29)18(28)13-25-27(20)21/h1-3,5-6,8-11,13,17,19-20,29H,4,7,12H2/t17-,19?,20-/m1/s1. The van der Waals surface area contributed by atoms with Crippen molar-refractivity contribution in [3.63, 3.8) is 0 Å². The first-order valence-corrected chi connectivity index (χ1v) is 9.98. The Morgan fingerprint density at radius 3 is 2.47 bits per heavy atom. The van der Waals surface area contributed by atoms with Crippen LogP contribution in [0.1, 0.15) is 46.4 Å². The maximum absolute atomic E-state index is 13.7. The minimum Gasteiger partial charge on any atom is -0.502 e. The number of hydrogen-bond acceptors (Lipinski definition) is 4. The molecule has 2 aliphatic heterocycles. The summed E-state index contributed by atoms with van der Waals surface area (Å²) >= 11 is 0. The van der Waals surface area contributed by atoms with Gasteiger partial charge in [0.25, 0.3) is 5.91 Å². The fourth-order valence-corrected chi connectivity index (χ4v) is 4.86. The molecule has 7 heteroatoms. The van der Waals surface area contributed by atoms with Gasteiger partial charge in [0.05, 0.1) is 18.3 Å². The minimum atomic E-state index is -0.677.